The number of rotatable bonds is 15. The van der Waals surface area contributed by atoms with Gasteiger partial charge in [-0.2, -0.15) is 0 Å². The van der Waals surface area contributed by atoms with Gasteiger partial charge in [0.25, 0.3) is 0 Å². The smallest absolute Gasteiger partial charge is 0.457 e. The van der Waals surface area contributed by atoms with E-state index < -0.39 is 8.56 Å². The molecular formula is C31H49N3O6Si. The third kappa shape index (κ3) is 15.2. The van der Waals surface area contributed by atoms with Gasteiger partial charge in [0, 0.05) is 39.1 Å². The SMILES string of the molecule is CCC(C)C(=O)N(C)C.CCC(C)C(=O)OCCNC(=O)NCCC[Si](C)(Oc1ccccc1)Oc1ccccc1. The van der Waals surface area contributed by atoms with Gasteiger partial charge in [0.2, 0.25) is 5.91 Å². The molecule has 0 bridgehead atoms. The molecule has 2 rings (SSSR count). The van der Waals surface area contributed by atoms with Crippen molar-refractivity contribution in [1.29, 1.82) is 0 Å². The van der Waals surface area contributed by atoms with Gasteiger partial charge in [0.1, 0.15) is 18.1 Å². The highest BCUT2D eigenvalue weighted by Gasteiger charge is 2.35. The summed E-state index contributed by atoms with van der Waals surface area (Å²) in [5.74, 6) is 1.58. The number of ether oxygens (including phenoxy) is 1. The lowest BCUT2D eigenvalue weighted by Crippen LogP contribution is -2.46. The zero-order valence-corrected chi connectivity index (χ0v) is 26.8. The predicted molar refractivity (Wildman–Crippen MR) is 165 cm³/mol. The Morgan fingerprint density at radius 1 is 0.805 bits per heavy atom. The molecule has 0 aliphatic carbocycles. The first kappa shape index (κ1) is 35.5. The molecule has 0 spiro atoms. The van der Waals surface area contributed by atoms with Crippen molar-refractivity contribution in [2.24, 2.45) is 11.8 Å². The zero-order valence-electron chi connectivity index (χ0n) is 25.8. The van der Waals surface area contributed by atoms with Gasteiger partial charge in [-0.25, -0.2) is 4.79 Å². The fraction of sp³-hybridized carbons (Fsp3) is 0.516. The molecule has 0 heterocycles. The quantitative estimate of drug-likeness (QED) is 0.159. The maximum atomic E-state index is 12.0. The van der Waals surface area contributed by atoms with Crippen molar-refractivity contribution in [1.82, 2.24) is 15.5 Å². The van der Waals surface area contributed by atoms with Gasteiger partial charge in [-0.1, -0.05) is 64.1 Å². The molecule has 228 valence electrons. The minimum Gasteiger partial charge on any atom is -0.512 e. The largest absolute Gasteiger partial charge is 0.512 e. The predicted octanol–water partition coefficient (Wildman–Crippen LogP) is 5.62. The molecular weight excluding hydrogens is 538 g/mol. The van der Waals surface area contributed by atoms with E-state index in [-0.39, 0.29) is 42.9 Å². The number of amides is 3. The van der Waals surface area contributed by atoms with Gasteiger partial charge in [0.05, 0.1) is 12.5 Å². The monoisotopic (exact) mass is 587 g/mol. The van der Waals surface area contributed by atoms with E-state index in [4.69, 9.17) is 13.6 Å². The van der Waals surface area contributed by atoms with Crippen LogP contribution in [0.25, 0.3) is 0 Å². The first-order valence-corrected chi connectivity index (χ1v) is 16.9. The van der Waals surface area contributed by atoms with E-state index >= 15 is 0 Å². The lowest BCUT2D eigenvalue weighted by Gasteiger charge is -2.28. The van der Waals surface area contributed by atoms with E-state index in [0.29, 0.717) is 19.0 Å². The Kier molecular flexibility index (Phi) is 16.9. The molecule has 0 fully saturated rings. The highest BCUT2D eigenvalue weighted by Crippen LogP contribution is 2.24. The fourth-order valence-electron chi connectivity index (χ4n) is 3.51. The Labute approximate surface area is 247 Å². The van der Waals surface area contributed by atoms with Gasteiger partial charge in [-0.3, -0.25) is 9.59 Å². The molecule has 0 aromatic heterocycles. The van der Waals surface area contributed by atoms with E-state index in [2.05, 4.69) is 10.6 Å². The maximum Gasteiger partial charge on any atom is 0.457 e. The van der Waals surface area contributed by atoms with Crippen LogP contribution in [0.3, 0.4) is 0 Å². The van der Waals surface area contributed by atoms with Crippen LogP contribution in [-0.2, 0) is 14.3 Å². The molecule has 0 aliphatic rings. The van der Waals surface area contributed by atoms with Crippen LogP contribution in [0.4, 0.5) is 4.79 Å². The fourth-order valence-corrected chi connectivity index (χ4v) is 5.85. The second kappa shape index (κ2) is 19.5. The van der Waals surface area contributed by atoms with Crippen LogP contribution in [0.2, 0.25) is 12.6 Å². The number of esters is 1. The van der Waals surface area contributed by atoms with Gasteiger partial charge >= 0.3 is 20.6 Å². The minimum atomic E-state index is -2.59. The Hall–Kier alpha value is -3.53. The normalized spacial score (nSPS) is 12.1. The van der Waals surface area contributed by atoms with Gasteiger partial charge in [-0.05, 0) is 43.5 Å². The molecule has 2 unspecified atom stereocenters. The Morgan fingerprint density at radius 3 is 1.73 bits per heavy atom. The van der Waals surface area contributed by atoms with Crippen molar-refractivity contribution in [3.05, 3.63) is 60.7 Å². The third-order valence-corrected chi connectivity index (χ3v) is 8.97. The van der Waals surface area contributed by atoms with Crippen molar-refractivity contribution in [3.63, 3.8) is 0 Å². The van der Waals surface area contributed by atoms with Crippen molar-refractivity contribution in [3.8, 4) is 11.5 Å². The standard InChI is InChI=1S/C24H34N2O5Si.C7H15NO/c1-4-20(2)23(27)29-18-17-26-24(28)25-16-11-19-32(3,30-21-12-7-5-8-13-21)31-22-14-9-6-10-15-22;1-5-6(2)7(9)8(3)4/h5-10,12-15,20H,4,11,16-19H2,1-3H3,(H2,25,26,28);6H,5H2,1-4H3. The summed E-state index contributed by atoms with van der Waals surface area (Å²) in [5.41, 5.74) is 0. The van der Waals surface area contributed by atoms with Gasteiger partial charge in [-0.15, -0.1) is 0 Å². The van der Waals surface area contributed by atoms with Crippen LogP contribution >= 0.6 is 0 Å². The van der Waals surface area contributed by atoms with Crippen molar-refractivity contribution >= 4 is 26.5 Å². The number of benzene rings is 2. The van der Waals surface area contributed by atoms with Crippen molar-refractivity contribution in [2.75, 3.05) is 33.8 Å². The van der Waals surface area contributed by atoms with E-state index in [1.165, 1.54) is 0 Å². The third-order valence-electron chi connectivity index (χ3n) is 6.37. The number of nitrogens with zero attached hydrogens (tertiary/aromatic N) is 1. The van der Waals surface area contributed by atoms with E-state index in [1.807, 2.05) is 94.9 Å². The minimum absolute atomic E-state index is 0.126. The number of hydrogen-bond donors (Lipinski definition) is 2. The van der Waals surface area contributed by atoms with Crippen LogP contribution in [0.1, 0.15) is 47.0 Å². The molecule has 2 aromatic rings. The first-order valence-electron chi connectivity index (χ1n) is 14.4. The second-order valence-corrected chi connectivity index (χ2v) is 13.4. The average molecular weight is 588 g/mol. The number of para-hydroxylation sites is 2. The van der Waals surface area contributed by atoms with Crippen molar-refractivity contribution in [2.45, 2.75) is 59.5 Å². The summed E-state index contributed by atoms with van der Waals surface area (Å²) in [4.78, 5) is 36.2. The van der Waals surface area contributed by atoms with Crippen LogP contribution in [-0.4, -0.2) is 65.2 Å². The summed E-state index contributed by atoms with van der Waals surface area (Å²) >= 11 is 0. The lowest BCUT2D eigenvalue weighted by atomic mass is 10.1. The van der Waals surface area contributed by atoms with Crippen LogP contribution in [0.15, 0.2) is 60.7 Å². The van der Waals surface area contributed by atoms with E-state index in [1.54, 1.807) is 19.0 Å². The van der Waals surface area contributed by atoms with Crippen LogP contribution in [0, 0.1) is 11.8 Å². The summed E-state index contributed by atoms with van der Waals surface area (Å²) in [5, 5.41) is 5.52. The van der Waals surface area contributed by atoms with Crippen LogP contribution < -0.4 is 19.5 Å². The van der Waals surface area contributed by atoms with Crippen LogP contribution in [0.5, 0.6) is 11.5 Å². The topological polar surface area (TPSA) is 106 Å². The number of carbonyl (C=O) groups excluding carboxylic acids is 3. The summed E-state index contributed by atoms with van der Waals surface area (Å²) < 4.78 is 17.7. The number of urea groups is 1. The number of carbonyl (C=O) groups is 3. The maximum absolute atomic E-state index is 12.0. The average Bonchev–Trinajstić information content (AvgIpc) is 2.97. The summed E-state index contributed by atoms with van der Waals surface area (Å²) in [6, 6.07) is 19.7. The lowest BCUT2D eigenvalue weighted by molar-refractivity contribution is -0.147. The summed E-state index contributed by atoms with van der Waals surface area (Å²) in [6.07, 6.45) is 2.37. The molecule has 2 N–H and O–H groups in total. The summed E-state index contributed by atoms with van der Waals surface area (Å²) in [6.45, 7) is 10.7. The number of nitrogens with one attached hydrogen (secondary N) is 2. The molecule has 0 radical (unpaired) electrons. The second-order valence-electron chi connectivity index (χ2n) is 10.3. The molecule has 10 heteroatoms. The highest BCUT2D eigenvalue weighted by atomic mass is 28.4. The first-order chi connectivity index (χ1) is 19.5. The molecule has 3 amide bonds. The molecule has 0 saturated carbocycles. The molecule has 0 saturated heterocycles. The molecule has 2 aromatic carbocycles. The number of hydrogen-bond acceptors (Lipinski definition) is 6. The zero-order chi connectivity index (χ0) is 30.7. The van der Waals surface area contributed by atoms with Gasteiger partial charge in [0.15, 0.2) is 0 Å². The highest BCUT2D eigenvalue weighted by molar-refractivity contribution is 6.67. The van der Waals surface area contributed by atoms with Gasteiger partial charge < -0.3 is 29.1 Å². The Bertz CT molecular complexity index is 982. The Balaban J connectivity index is 0.000000803. The molecule has 9 nitrogen and oxygen atoms in total. The molecule has 2 atom stereocenters. The Morgan fingerprint density at radius 2 is 1.29 bits per heavy atom. The van der Waals surface area contributed by atoms with E-state index in [0.717, 1.165) is 24.3 Å². The van der Waals surface area contributed by atoms with Crippen molar-refractivity contribution < 1.29 is 28.0 Å². The summed E-state index contributed by atoms with van der Waals surface area (Å²) in [7, 11) is 0.982. The molecule has 41 heavy (non-hydrogen) atoms. The molecule has 0 aliphatic heterocycles. The van der Waals surface area contributed by atoms with E-state index in [9.17, 15) is 14.4 Å².